The van der Waals surface area contributed by atoms with Crippen LogP contribution in [0.15, 0.2) is 51.9 Å². The molecule has 0 radical (unpaired) electrons. The van der Waals surface area contributed by atoms with Gasteiger partial charge in [-0.15, -0.1) is 0 Å². The predicted octanol–water partition coefficient (Wildman–Crippen LogP) is 2.93. The Morgan fingerprint density at radius 1 is 1.14 bits per heavy atom. The lowest BCUT2D eigenvalue weighted by Gasteiger charge is -2.10. The molecule has 0 saturated heterocycles. The lowest BCUT2D eigenvalue weighted by atomic mass is 9.96. The zero-order valence-electron chi connectivity index (χ0n) is 16.5. The summed E-state index contributed by atoms with van der Waals surface area (Å²) in [7, 11) is -3.73. The lowest BCUT2D eigenvalue weighted by Crippen LogP contribution is -2.26. The van der Waals surface area contributed by atoms with Gasteiger partial charge in [0, 0.05) is 12.0 Å². The number of aromatic nitrogens is 2. The Bertz CT molecular complexity index is 1120. The maximum absolute atomic E-state index is 12.4. The molecule has 9 heteroatoms. The van der Waals surface area contributed by atoms with Crippen molar-refractivity contribution in [2.45, 2.75) is 44.1 Å². The molecule has 3 rings (SSSR count). The van der Waals surface area contributed by atoms with Crippen molar-refractivity contribution < 1.29 is 22.5 Å². The minimum atomic E-state index is -3.73. The molecular weight excluding hydrogens is 394 g/mol. The van der Waals surface area contributed by atoms with Crippen LogP contribution in [0.5, 0.6) is 0 Å². The molecule has 1 N–H and O–H groups in total. The van der Waals surface area contributed by atoms with Crippen molar-refractivity contribution in [3.63, 3.8) is 0 Å². The standard InChI is InChI=1S/C20H23N3O5S/c1-20(2,3)19-22-17(28-23-19)13-27-18(24)10-11-21-29(25,26)16-9-8-14-6-4-5-7-15(14)12-16/h4-9,12,21H,10-11,13H2,1-3H3. The van der Waals surface area contributed by atoms with E-state index < -0.39 is 16.0 Å². The number of carbonyl (C=O) groups excluding carboxylic acids is 1. The summed E-state index contributed by atoms with van der Waals surface area (Å²) in [6.07, 6.45) is -0.118. The second-order valence-corrected chi connectivity index (χ2v) is 9.35. The van der Waals surface area contributed by atoms with Gasteiger partial charge in [-0.05, 0) is 22.9 Å². The molecule has 8 nitrogen and oxygen atoms in total. The highest BCUT2D eigenvalue weighted by atomic mass is 32.2. The fourth-order valence-electron chi connectivity index (χ4n) is 2.54. The van der Waals surface area contributed by atoms with Crippen molar-refractivity contribution in [2.75, 3.05) is 6.54 Å². The van der Waals surface area contributed by atoms with Crippen molar-refractivity contribution in [3.8, 4) is 0 Å². The fraction of sp³-hybridized carbons (Fsp3) is 0.350. The van der Waals surface area contributed by atoms with Gasteiger partial charge in [0.2, 0.25) is 10.0 Å². The van der Waals surface area contributed by atoms with Gasteiger partial charge < -0.3 is 9.26 Å². The first-order chi connectivity index (χ1) is 13.6. The van der Waals surface area contributed by atoms with E-state index in [1.54, 1.807) is 12.1 Å². The SMILES string of the molecule is CC(C)(C)c1noc(COC(=O)CCNS(=O)(=O)c2ccc3ccccc3c2)n1. The van der Waals surface area contributed by atoms with Crippen molar-refractivity contribution >= 4 is 26.8 Å². The summed E-state index contributed by atoms with van der Waals surface area (Å²) in [4.78, 5) is 16.2. The molecule has 0 saturated carbocycles. The van der Waals surface area contributed by atoms with E-state index in [9.17, 15) is 13.2 Å². The Balaban J connectivity index is 1.50. The van der Waals surface area contributed by atoms with Gasteiger partial charge >= 0.3 is 5.97 Å². The molecule has 1 aromatic heterocycles. The van der Waals surface area contributed by atoms with E-state index in [2.05, 4.69) is 14.9 Å². The molecule has 0 atom stereocenters. The van der Waals surface area contributed by atoms with Gasteiger partial charge in [0.25, 0.3) is 5.89 Å². The van der Waals surface area contributed by atoms with E-state index in [-0.39, 0.29) is 35.8 Å². The summed E-state index contributed by atoms with van der Waals surface area (Å²) < 4.78 is 37.4. The van der Waals surface area contributed by atoms with Crippen LogP contribution < -0.4 is 4.72 Å². The fourth-order valence-corrected chi connectivity index (χ4v) is 3.60. The van der Waals surface area contributed by atoms with Crippen LogP contribution in [0.1, 0.15) is 38.9 Å². The number of carbonyl (C=O) groups is 1. The van der Waals surface area contributed by atoms with Crippen LogP contribution in [-0.4, -0.2) is 31.1 Å². The maximum atomic E-state index is 12.4. The topological polar surface area (TPSA) is 111 Å². The number of esters is 1. The number of benzene rings is 2. The van der Waals surface area contributed by atoms with Crippen LogP contribution in [0.25, 0.3) is 10.8 Å². The molecule has 0 spiro atoms. The molecule has 0 aliphatic rings. The second kappa shape index (κ2) is 8.30. The summed E-state index contributed by atoms with van der Waals surface area (Å²) in [6.45, 7) is 5.59. The smallest absolute Gasteiger partial charge is 0.307 e. The number of hydrogen-bond acceptors (Lipinski definition) is 7. The first-order valence-corrected chi connectivity index (χ1v) is 10.6. The van der Waals surface area contributed by atoms with Gasteiger partial charge in [-0.2, -0.15) is 4.98 Å². The van der Waals surface area contributed by atoms with E-state index in [4.69, 9.17) is 9.26 Å². The summed E-state index contributed by atoms with van der Waals surface area (Å²) in [5, 5.41) is 5.62. The Hall–Kier alpha value is -2.78. The number of rotatable bonds is 7. The highest BCUT2D eigenvalue weighted by Gasteiger charge is 2.21. The minimum absolute atomic E-state index is 0.0783. The Morgan fingerprint density at radius 3 is 2.55 bits per heavy atom. The van der Waals surface area contributed by atoms with Crippen LogP contribution >= 0.6 is 0 Å². The average molecular weight is 417 g/mol. The van der Waals surface area contributed by atoms with Crippen LogP contribution in [0, 0.1) is 0 Å². The average Bonchev–Trinajstić information content (AvgIpc) is 3.15. The van der Waals surface area contributed by atoms with Gasteiger partial charge in [0.15, 0.2) is 12.4 Å². The molecule has 154 valence electrons. The molecule has 1 heterocycles. The van der Waals surface area contributed by atoms with Crippen molar-refractivity contribution in [1.29, 1.82) is 0 Å². The van der Waals surface area contributed by atoms with Crippen molar-refractivity contribution in [2.24, 2.45) is 0 Å². The third-order valence-electron chi connectivity index (χ3n) is 4.15. The number of hydrogen-bond donors (Lipinski definition) is 1. The molecule has 0 fully saturated rings. The van der Waals surface area contributed by atoms with Crippen molar-refractivity contribution in [1.82, 2.24) is 14.9 Å². The van der Waals surface area contributed by atoms with E-state index in [1.807, 2.05) is 45.0 Å². The van der Waals surface area contributed by atoms with E-state index >= 15 is 0 Å². The first-order valence-electron chi connectivity index (χ1n) is 9.12. The highest BCUT2D eigenvalue weighted by Crippen LogP contribution is 2.19. The largest absolute Gasteiger partial charge is 0.456 e. The lowest BCUT2D eigenvalue weighted by molar-refractivity contribution is -0.145. The molecular formula is C20H23N3O5S. The molecule has 0 aliphatic heterocycles. The molecule has 0 bridgehead atoms. The van der Waals surface area contributed by atoms with Crippen molar-refractivity contribution in [3.05, 3.63) is 54.2 Å². The Morgan fingerprint density at radius 2 is 1.86 bits per heavy atom. The van der Waals surface area contributed by atoms with Gasteiger partial charge in [-0.3, -0.25) is 4.79 Å². The maximum Gasteiger partial charge on any atom is 0.307 e. The van der Waals surface area contributed by atoms with Gasteiger partial charge in [-0.25, -0.2) is 13.1 Å². The predicted molar refractivity (Wildman–Crippen MR) is 107 cm³/mol. The number of nitrogens with zero attached hydrogens (tertiary/aromatic N) is 2. The molecule has 29 heavy (non-hydrogen) atoms. The zero-order valence-corrected chi connectivity index (χ0v) is 17.3. The highest BCUT2D eigenvalue weighted by molar-refractivity contribution is 7.89. The zero-order chi connectivity index (χ0) is 21.1. The first kappa shape index (κ1) is 20.9. The van der Waals surface area contributed by atoms with E-state index in [0.29, 0.717) is 5.82 Å². The van der Waals surface area contributed by atoms with Crippen LogP contribution in [0.3, 0.4) is 0 Å². The third kappa shape index (κ3) is 5.39. The molecule has 2 aromatic carbocycles. The van der Waals surface area contributed by atoms with Gasteiger partial charge in [-0.1, -0.05) is 56.3 Å². The molecule has 3 aromatic rings. The summed E-state index contributed by atoms with van der Waals surface area (Å²) in [6, 6.07) is 12.4. The van der Waals surface area contributed by atoms with E-state index in [1.165, 1.54) is 6.07 Å². The van der Waals surface area contributed by atoms with Gasteiger partial charge in [0.1, 0.15) is 0 Å². The van der Waals surface area contributed by atoms with E-state index in [0.717, 1.165) is 10.8 Å². The summed E-state index contributed by atoms with van der Waals surface area (Å²) >= 11 is 0. The molecule has 0 aliphatic carbocycles. The van der Waals surface area contributed by atoms with Crippen LogP contribution in [0.4, 0.5) is 0 Å². The summed E-state index contributed by atoms with van der Waals surface area (Å²) in [5.74, 6) is 0.147. The van der Waals surface area contributed by atoms with Crippen LogP contribution in [0.2, 0.25) is 0 Å². The Kier molecular flexibility index (Phi) is 5.99. The van der Waals surface area contributed by atoms with Gasteiger partial charge in [0.05, 0.1) is 11.3 Å². The number of fused-ring (bicyclic) bond motifs is 1. The monoisotopic (exact) mass is 417 g/mol. The molecule has 0 unspecified atom stereocenters. The third-order valence-corrected chi connectivity index (χ3v) is 5.61. The number of sulfonamides is 1. The second-order valence-electron chi connectivity index (χ2n) is 7.58. The molecule has 0 amide bonds. The Labute approximate surface area is 169 Å². The number of ether oxygens (including phenoxy) is 1. The normalized spacial score (nSPS) is 12.2. The minimum Gasteiger partial charge on any atom is -0.456 e. The summed E-state index contributed by atoms with van der Waals surface area (Å²) in [5.41, 5.74) is -0.271. The van der Waals surface area contributed by atoms with Crippen LogP contribution in [-0.2, 0) is 31.6 Å². The number of nitrogens with one attached hydrogen (secondary N) is 1. The quantitative estimate of drug-likeness (QED) is 0.588.